The summed E-state index contributed by atoms with van der Waals surface area (Å²) in [7, 11) is 0. The predicted molar refractivity (Wildman–Crippen MR) is 72.2 cm³/mol. The first kappa shape index (κ1) is 12.5. The molecular weight excluding hydrogens is 259 g/mol. The number of nitrogen functional groups attached to an aromatic ring is 1. The summed E-state index contributed by atoms with van der Waals surface area (Å²) in [5.74, 6) is -0.223. The average molecular weight is 272 g/mol. The summed E-state index contributed by atoms with van der Waals surface area (Å²) in [4.78, 5) is 8.08. The van der Waals surface area contributed by atoms with Crippen LogP contribution in [0.2, 0.25) is 0 Å². The molecule has 1 aliphatic carbocycles. The van der Waals surface area contributed by atoms with E-state index in [9.17, 15) is 4.39 Å². The highest BCUT2D eigenvalue weighted by atomic mass is 19.1. The van der Waals surface area contributed by atoms with E-state index in [0.29, 0.717) is 35.4 Å². The first-order valence-electron chi connectivity index (χ1n) is 6.26. The van der Waals surface area contributed by atoms with Gasteiger partial charge in [-0.2, -0.15) is 0 Å². The Bertz CT molecular complexity index is 687. The highest BCUT2D eigenvalue weighted by Crippen LogP contribution is 2.33. The van der Waals surface area contributed by atoms with Crippen molar-refractivity contribution in [2.24, 2.45) is 5.16 Å². The number of rotatable bonds is 1. The zero-order valence-electron chi connectivity index (χ0n) is 10.6. The lowest BCUT2D eigenvalue weighted by atomic mass is 9.81. The summed E-state index contributed by atoms with van der Waals surface area (Å²) >= 11 is 0. The smallest absolute Gasteiger partial charge is 0.220 e. The van der Waals surface area contributed by atoms with Gasteiger partial charge >= 0.3 is 0 Å². The van der Waals surface area contributed by atoms with Crippen molar-refractivity contribution in [1.82, 2.24) is 9.97 Å². The molecule has 1 unspecified atom stereocenters. The topological polar surface area (TPSA) is 84.4 Å². The van der Waals surface area contributed by atoms with Crippen LogP contribution in [0.25, 0.3) is 0 Å². The Morgan fingerprint density at radius 2 is 2.10 bits per heavy atom. The molecule has 2 aromatic rings. The van der Waals surface area contributed by atoms with Gasteiger partial charge in [-0.3, -0.25) is 0 Å². The van der Waals surface area contributed by atoms with Gasteiger partial charge in [0.05, 0.1) is 11.4 Å². The van der Waals surface area contributed by atoms with E-state index in [2.05, 4.69) is 15.1 Å². The van der Waals surface area contributed by atoms with Crippen molar-refractivity contribution >= 4 is 11.7 Å². The molecular formula is C14H13FN4O. The van der Waals surface area contributed by atoms with Crippen LogP contribution in [0.4, 0.5) is 10.3 Å². The maximum Gasteiger partial charge on any atom is 0.220 e. The van der Waals surface area contributed by atoms with Crippen LogP contribution in [-0.2, 0) is 6.42 Å². The SMILES string of the molecule is Nc1ncc2c(n1)CC(c1ccccc1F)C/C2=N/O. The Morgan fingerprint density at radius 1 is 1.30 bits per heavy atom. The Kier molecular flexibility index (Phi) is 3.06. The van der Waals surface area contributed by atoms with Crippen molar-refractivity contribution in [3.63, 3.8) is 0 Å². The number of nitrogens with zero attached hydrogens (tertiary/aromatic N) is 3. The second-order valence-corrected chi connectivity index (χ2v) is 4.76. The molecule has 1 aromatic heterocycles. The summed E-state index contributed by atoms with van der Waals surface area (Å²) in [6.07, 6.45) is 2.53. The minimum absolute atomic E-state index is 0.121. The lowest BCUT2D eigenvalue weighted by Gasteiger charge is -2.24. The largest absolute Gasteiger partial charge is 0.411 e. The number of hydrogen-bond acceptors (Lipinski definition) is 5. The molecule has 3 rings (SSSR count). The Morgan fingerprint density at radius 3 is 2.85 bits per heavy atom. The first-order valence-corrected chi connectivity index (χ1v) is 6.26. The third-order valence-corrected chi connectivity index (χ3v) is 3.54. The van der Waals surface area contributed by atoms with E-state index in [1.165, 1.54) is 6.07 Å². The molecule has 0 saturated heterocycles. The first-order chi connectivity index (χ1) is 9.69. The van der Waals surface area contributed by atoms with Crippen molar-refractivity contribution in [3.05, 3.63) is 53.1 Å². The van der Waals surface area contributed by atoms with Crippen molar-refractivity contribution in [2.45, 2.75) is 18.8 Å². The summed E-state index contributed by atoms with van der Waals surface area (Å²) < 4.78 is 13.9. The van der Waals surface area contributed by atoms with Gasteiger partial charge in [-0.25, -0.2) is 14.4 Å². The molecule has 0 amide bonds. The molecule has 0 bridgehead atoms. The maximum absolute atomic E-state index is 13.9. The van der Waals surface area contributed by atoms with Gasteiger partial charge in [0, 0.05) is 18.2 Å². The summed E-state index contributed by atoms with van der Waals surface area (Å²) in [6, 6.07) is 6.61. The van der Waals surface area contributed by atoms with Crippen molar-refractivity contribution < 1.29 is 9.60 Å². The van der Waals surface area contributed by atoms with Crippen molar-refractivity contribution in [1.29, 1.82) is 0 Å². The molecule has 20 heavy (non-hydrogen) atoms. The van der Waals surface area contributed by atoms with Crippen LogP contribution in [0.5, 0.6) is 0 Å². The van der Waals surface area contributed by atoms with E-state index in [1.54, 1.807) is 24.4 Å². The zero-order chi connectivity index (χ0) is 14.1. The van der Waals surface area contributed by atoms with Crippen LogP contribution in [0.15, 0.2) is 35.6 Å². The summed E-state index contributed by atoms with van der Waals surface area (Å²) in [5, 5.41) is 12.4. The quantitative estimate of drug-likeness (QED) is 0.615. The number of nitrogens with two attached hydrogens (primary N) is 1. The number of aromatic nitrogens is 2. The van der Waals surface area contributed by atoms with Crippen LogP contribution in [0, 0.1) is 5.82 Å². The molecule has 5 nitrogen and oxygen atoms in total. The minimum Gasteiger partial charge on any atom is -0.411 e. The van der Waals surface area contributed by atoms with Crippen LogP contribution >= 0.6 is 0 Å². The van der Waals surface area contributed by atoms with E-state index in [-0.39, 0.29) is 17.7 Å². The van der Waals surface area contributed by atoms with Gasteiger partial charge in [-0.15, -0.1) is 0 Å². The van der Waals surface area contributed by atoms with Gasteiger partial charge < -0.3 is 10.9 Å². The van der Waals surface area contributed by atoms with E-state index in [4.69, 9.17) is 10.9 Å². The van der Waals surface area contributed by atoms with Gasteiger partial charge in [-0.05, 0) is 24.0 Å². The molecule has 102 valence electrons. The Balaban J connectivity index is 2.05. The molecule has 0 saturated carbocycles. The van der Waals surface area contributed by atoms with Gasteiger partial charge in [0.1, 0.15) is 5.82 Å². The third-order valence-electron chi connectivity index (χ3n) is 3.54. The molecule has 0 spiro atoms. The molecule has 6 heteroatoms. The molecule has 1 atom stereocenters. The van der Waals surface area contributed by atoms with Gasteiger partial charge in [0.15, 0.2) is 0 Å². The Hall–Kier alpha value is -2.50. The molecule has 1 heterocycles. The number of hydrogen-bond donors (Lipinski definition) is 2. The molecule has 3 N–H and O–H groups in total. The van der Waals surface area contributed by atoms with E-state index < -0.39 is 0 Å². The summed E-state index contributed by atoms with van der Waals surface area (Å²) in [5.41, 5.74) is 8.00. The Labute approximate surface area is 115 Å². The van der Waals surface area contributed by atoms with Gasteiger partial charge in [-0.1, -0.05) is 23.4 Å². The second kappa shape index (κ2) is 4.88. The predicted octanol–water partition coefficient (Wildman–Crippen LogP) is 2.11. The molecule has 0 radical (unpaired) electrons. The lowest BCUT2D eigenvalue weighted by Crippen LogP contribution is -2.22. The molecule has 0 aliphatic heterocycles. The highest BCUT2D eigenvalue weighted by molar-refractivity contribution is 6.02. The highest BCUT2D eigenvalue weighted by Gasteiger charge is 2.28. The lowest BCUT2D eigenvalue weighted by molar-refractivity contribution is 0.316. The number of halogens is 1. The number of anilines is 1. The van der Waals surface area contributed by atoms with Crippen LogP contribution in [-0.4, -0.2) is 20.9 Å². The minimum atomic E-state index is -0.264. The fraction of sp³-hybridized carbons (Fsp3) is 0.214. The number of benzene rings is 1. The van der Waals surface area contributed by atoms with Crippen molar-refractivity contribution in [3.8, 4) is 0 Å². The average Bonchev–Trinajstić information content (AvgIpc) is 2.46. The van der Waals surface area contributed by atoms with Crippen LogP contribution < -0.4 is 5.73 Å². The van der Waals surface area contributed by atoms with Crippen LogP contribution in [0.3, 0.4) is 0 Å². The summed E-state index contributed by atoms with van der Waals surface area (Å²) in [6.45, 7) is 0. The standard InChI is InChI=1S/C14H13FN4O/c15-11-4-2-1-3-9(11)8-5-12-10(13(6-8)19-20)7-17-14(16)18-12/h1-4,7-8,20H,5-6H2,(H2,16,17,18)/b19-13-. The molecule has 0 fully saturated rings. The zero-order valence-corrected chi connectivity index (χ0v) is 10.6. The normalized spacial score (nSPS) is 19.9. The van der Waals surface area contributed by atoms with Crippen LogP contribution in [0.1, 0.15) is 29.2 Å². The number of oxime groups is 1. The van der Waals surface area contributed by atoms with Gasteiger partial charge in [0.25, 0.3) is 0 Å². The molecule has 1 aliphatic rings. The molecule has 1 aromatic carbocycles. The van der Waals surface area contributed by atoms with Crippen molar-refractivity contribution in [2.75, 3.05) is 5.73 Å². The van der Waals surface area contributed by atoms with E-state index in [0.717, 1.165) is 0 Å². The fourth-order valence-electron chi connectivity index (χ4n) is 2.60. The van der Waals surface area contributed by atoms with Gasteiger partial charge in [0.2, 0.25) is 5.95 Å². The fourth-order valence-corrected chi connectivity index (χ4v) is 2.60. The maximum atomic E-state index is 13.9. The monoisotopic (exact) mass is 272 g/mol. The third kappa shape index (κ3) is 2.09. The van der Waals surface area contributed by atoms with E-state index in [1.807, 2.05) is 0 Å². The van der Waals surface area contributed by atoms with E-state index >= 15 is 0 Å². The second-order valence-electron chi connectivity index (χ2n) is 4.76. The number of fused-ring (bicyclic) bond motifs is 1.